The zero-order valence-corrected chi connectivity index (χ0v) is 13.0. The molecule has 1 aromatic heterocycles. The lowest BCUT2D eigenvalue weighted by atomic mass is 9.99. The molecule has 1 unspecified atom stereocenters. The smallest absolute Gasteiger partial charge is 0.127 e. The molecule has 1 aromatic carbocycles. The minimum atomic E-state index is 0.246. The molecule has 0 saturated carbocycles. The molecule has 0 aliphatic heterocycles. The standard InChI is InChI=1S/C16H21NO2S/c1-4-17-15(9-12-7-8-20-11-12)14-6-5-13(18-2)10-16(14)19-3/h5-8,10-11,15,17H,4,9H2,1-3H3. The summed E-state index contributed by atoms with van der Waals surface area (Å²) in [6.45, 7) is 3.04. The fraction of sp³-hybridized carbons (Fsp3) is 0.375. The number of thiophene rings is 1. The molecule has 2 aromatic rings. The molecule has 0 aliphatic carbocycles. The molecule has 20 heavy (non-hydrogen) atoms. The summed E-state index contributed by atoms with van der Waals surface area (Å²) in [4.78, 5) is 0. The van der Waals surface area contributed by atoms with Gasteiger partial charge in [-0.05, 0) is 41.4 Å². The molecule has 108 valence electrons. The summed E-state index contributed by atoms with van der Waals surface area (Å²) in [6.07, 6.45) is 0.958. The lowest BCUT2D eigenvalue weighted by molar-refractivity contribution is 0.384. The highest BCUT2D eigenvalue weighted by atomic mass is 32.1. The van der Waals surface area contributed by atoms with Gasteiger partial charge in [0, 0.05) is 17.7 Å². The van der Waals surface area contributed by atoms with Crippen LogP contribution in [0.15, 0.2) is 35.0 Å². The Bertz CT molecular complexity index is 525. The largest absolute Gasteiger partial charge is 0.497 e. The van der Waals surface area contributed by atoms with E-state index in [1.165, 1.54) is 11.1 Å². The van der Waals surface area contributed by atoms with Gasteiger partial charge in [-0.3, -0.25) is 0 Å². The number of ether oxygens (including phenoxy) is 2. The van der Waals surface area contributed by atoms with E-state index in [1.807, 2.05) is 12.1 Å². The van der Waals surface area contributed by atoms with Gasteiger partial charge in [-0.1, -0.05) is 13.0 Å². The highest BCUT2D eigenvalue weighted by molar-refractivity contribution is 7.07. The number of methoxy groups -OCH3 is 2. The van der Waals surface area contributed by atoms with E-state index in [0.29, 0.717) is 0 Å². The number of likely N-dealkylation sites (N-methyl/N-ethyl adjacent to an activating group) is 1. The third-order valence-corrected chi connectivity index (χ3v) is 4.02. The molecule has 3 nitrogen and oxygen atoms in total. The van der Waals surface area contributed by atoms with Crippen LogP contribution < -0.4 is 14.8 Å². The first-order valence-electron chi connectivity index (χ1n) is 6.74. The summed E-state index contributed by atoms with van der Waals surface area (Å²) in [5.41, 5.74) is 2.51. The Kier molecular flexibility index (Phi) is 5.44. The van der Waals surface area contributed by atoms with Crippen molar-refractivity contribution >= 4 is 11.3 Å². The third kappa shape index (κ3) is 3.52. The van der Waals surface area contributed by atoms with Crippen molar-refractivity contribution in [1.82, 2.24) is 5.32 Å². The monoisotopic (exact) mass is 291 g/mol. The van der Waals surface area contributed by atoms with Crippen molar-refractivity contribution in [2.75, 3.05) is 20.8 Å². The van der Waals surface area contributed by atoms with E-state index >= 15 is 0 Å². The Balaban J connectivity index is 2.28. The van der Waals surface area contributed by atoms with Gasteiger partial charge in [0.05, 0.1) is 14.2 Å². The number of benzene rings is 1. The van der Waals surface area contributed by atoms with Crippen LogP contribution in [0, 0.1) is 0 Å². The third-order valence-electron chi connectivity index (χ3n) is 3.29. The summed E-state index contributed by atoms with van der Waals surface area (Å²) in [6, 6.07) is 8.42. The van der Waals surface area contributed by atoms with Crippen LogP contribution in [0.2, 0.25) is 0 Å². The van der Waals surface area contributed by atoms with Crippen molar-refractivity contribution in [3.8, 4) is 11.5 Å². The fourth-order valence-corrected chi connectivity index (χ4v) is 2.97. The average Bonchev–Trinajstić information content (AvgIpc) is 2.99. The van der Waals surface area contributed by atoms with Gasteiger partial charge in [-0.25, -0.2) is 0 Å². The number of hydrogen-bond donors (Lipinski definition) is 1. The van der Waals surface area contributed by atoms with Crippen molar-refractivity contribution in [3.05, 3.63) is 46.2 Å². The maximum Gasteiger partial charge on any atom is 0.127 e. The summed E-state index contributed by atoms with van der Waals surface area (Å²) < 4.78 is 10.8. The van der Waals surface area contributed by atoms with Gasteiger partial charge in [0.15, 0.2) is 0 Å². The minimum Gasteiger partial charge on any atom is -0.497 e. The first-order valence-corrected chi connectivity index (χ1v) is 7.69. The van der Waals surface area contributed by atoms with Crippen LogP contribution in [0.5, 0.6) is 11.5 Å². The molecule has 1 heterocycles. The summed E-state index contributed by atoms with van der Waals surface area (Å²) >= 11 is 1.73. The van der Waals surface area contributed by atoms with Gasteiger partial charge in [0.1, 0.15) is 11.5 Å². The van der Waals surface area contributed by atoms with E-state index in [-0.39, 0.29) is 6.04 Å². The first-order chi connectivity index (χ1) is 9.78. The van der Waals surface area contributed by atoms with Crippen LogP contribution in [0.4, 0.5) is 0 Å². The quantitative estimate of drug-likeness (QED) is 0.844. The average molecular weight is 291 g/mol. The second-order valence-corrected chi connectivity index (χ2v) is 5.33. The van der Waals surface area contributed by atoms with Crippen LogP contribution in [0.25, 0.3) is 0 Å². The van der Waals surface area contributed by atoms with Gasteiger partial charge in [0.25, 0.3) is 0 Å². The maximum absolute atomic E-state index is 5.52. The lowest BCUT2D eigenvalue weighted by Crippen LogP contribution is -2.23. The lowest BCUT2D eigenvalue weighted by Gasteiger charge is -2.21. The molecule has 0 spiro atoms. The van der Waals surface area contributed by atoms with Crippen molar-refractivity contribution in [3.63, 3.8) is 0 Å². The zero-order chi connectivity index (χ0) is 14.4. The van der Waals surface area contributed by atoms with E-state index < -0.39 is 0 Å². The first kappa shape index (κ1) is 14.9. The van der Waals surface area contributed by atoms with E-state index in [9.17, 15) is 0 Å². The molecule has 0 fully saturated rings. The van der Waals surface area contributed by atoms with Gasteiger partial charge in [0.2, 0.25) is 0 Å². The molecular formula is C16H21NO2S. The Morgan fingerprint density at radius 1 is 1.20 bits per heavy atom. The molecule has 0 bridgehead atoms. The van der Waals surface area contributed by atoms with Crippen LogP contribution in [0.1, 0.15) is 24.1 Å². The molecule has 1 N–H and O–H groups in total. The van der Waals surface area contributed by atoms with E-state index in [2.05, 4.69) is 35.1 Å². The SMILES string of the molecule is CCNC(Cc1ccsc1)c1ccc(OC)cc1OC. The molecule has 0 saturated heterocycles. The van der Waals surface area contributed by atoms with Crippen molar-refractivity contribution in [2.45, 2.75) is 19.4 Å². The maximum atomic E-state index is 5.52. The van der Waals surface area contributed by atoms with Crippen LogP contribution >= 0.6 is 11.3 Å². The van der Waals surface area contributed by atoms with E-state index in [0.717, 1.165) is 24.5 Å². The van der Waals surface area contributed by atoms with Gasteiger partial charge >= 0.3 is 0 Å². The van der Waals surface area contributed by atoms with E-state index in [4.69, 9.17) is 9.47 Å². The summed E-state index contributed by atoms with van der Waals surface area (Å²) in [5, 5.41) is 7.84. The second kappa shape index (κ2) is 7.31. The topological polar surface area (TPSA) is 30.5 Å². The predicted molar refractivity (Wildman–Crippen MR) is 84.0 cm³/mol. The summed E-state index contributed by atoms with van der Waals surface area (Å²) in [7, 11) is 3.37. The van der Waals surface area contributed by atoms with Gasteiger partial charge in [-0.15, -0.1) is 0 Å². The Hall–Kier alpha value is -1.52. The van der Waals surface area contributed by atoms with Crippen molar-refractivity contribution in [2.24, 2.45) is 0 Å². The highest BCUT2D eigenvalue weighted by Gasteiger charge is 2.16. The number of hydrogen-bond acceptors (Lipinski definition) is 4. The van der Waals surface area contributed by atoms with Crippen LogP contribution in [-0.2, 0) is 6.42 Å². The molecule has 0 amide bonds. The molecule has 0 aliphatic rings. The summed E-state index contributed by atoms with van der Waals surface area (Å²) in [5.74, 6) is 1.68. The number of nitrogens with one attached hydrogen (secondary N) is 1. The molecule has 2 rings (SSSR count). The predicted octanol–water partition coefficient (Wildman–Crippen LogP) is 3.66. The molecule has 0 radical (unpaired) electrons. The fourth-order valence-electron chi connectivity index (χ4n) is 2.29. The molecular weight excluding hydrogens is 270 g/mol. The Morgan fingerprint density at radius 3 is 2.65 bits per heavy atom. The van der Waals surface area contributed by atoms with E-state index in [1.54, 1.807) is 25.6 Å². The second-order valence-electron chi connectivity index (χ2n) is 4.55. The Morgan fingerprint density at radius 2 is 2.05 bits per heavy atom. The van der Waals surface area contributed by atoms with Crippen LogP contribution in [-0.4, -0.2) is 20.8 Å². The van der Waals surface area contributed by atoms with Crippen LogP contribution in [0.3, 0.4) is 0 Å². The Labute approximate surface area is 124 Å². The zero-order valence-electron chi connectivity index (χ0n) is 12.2. The highest BCUT2D eigenvalue weighted by Crippen LogP contribution is 2.31. The number of rotatable bonds is 7. The van der Waals surface area contributed by atoms with Crippen molar-refractivity contribution in [1.29, 1.82) is 0 Å². The van der Waals surface area contributed by atoms with Gasteiger partial charge < -0.3 is 14.8 Å². The van der Waals surface area contributed by atoms with Crippen molar-refractivity contribution < 1.29 is 9.47 Å². The molecule has 1 atom stereocenters. The molecule has 4 heteroatoms. The van der Waals surface area contributed by atoms with Gasteiger partial charge in [-0.2, -0.15) is 11.3 Å². The normalized spacial score (nSPS) is 12.2. The minimum absolute atomic E-state index is 0.246.